The van der Waals surface area contributed by atoms with Crippen LogP contribution in [0.5, 0.6) is 0 Å². The van der Waals surface area contributed by atoms with Crippen LogP contribution < -0.4 is 11.1 Å². The Balaban J connectivity index is 2.31. The van der Waals surface area contributed by atoms with Gasteiger partial charge in [-0.05, 0) is 65.6 Å². The lowest BCUT2D eigenvalue weighted by molar-refractivity contribution is 0.0166. The molecule has 112 valence electrons. The molecule has 0 aromatic carbocycles. The normalized spacial score (nSPS) is 20.4. The molecular formula is C14H29N3O2. The van der Waals surface area contributed by atoms with E-state index in [2.05, 4.69) is 5.32 Å². The van der Waals surface area contributed by atoms with E-state index in [4.69, 9.17) is 10.5 Å². The first-order chi connectivity index (χ1) is 8.92. The summed E-state index contributed by atoms with van der Waals surface area (Å²) in [7, 11) is 0. The molecule has 0 aromatic heterocycles. The second-order valence-corrected chi connectivity index (χ2v) is 6.28. The monoisotopic (exact) mass is 271 g/mol. The summed E-state index contributed by atoms with van der Waals surface area (Å²) < 4.78 is 5.42. The fourth-order valence-electron chi connectivity index (χ4n) is 2.26. The summed E-state index contributed by atoms with van der Waals surface area (Å²) in [6.07, 6.45) is 3.05. The van der Waals surface area contributed by atoms with Crippen molar-refractivity contribution in [1.29, 1.82) is 0 Å². The molecule has 0 aromatic rings. The molecule has 5 heteroatoms. The lowest BCUT2D eigenvalue weighted by atomic mass is 9.98. The van der Waals surface area contributed by atoms with Gasteiger partial charge in [0, 0.05) is 13.1 Å². The summed E-state index contributed by atoms with van der Waals surface area (Å²) >= 11 is 0. The molecule has 1 rings (SSSR count). The molecule has 1 atom stereocenters. The number of hydrogen-bond acceptors (Lipinski definition) is 4. The van der Waals surface area contributed by atoms with Crippen LogP contribution in [0, 0.1) is 5.92 Å². The van der Waals surface area contributed by atoms with Gasteiger partial charge in [-0.25, -0.2) is 4.79 Å². The van der Waals surface area contributed by atoms with E-state index in [1.54, 1.807) is 0 Å². The number of nitrogens with two attached hydrogens (primary N) is 1. The number of ether oxygens (including phenoxy) is 1. The number of nitrogens with one attached hydrogen (secondary N) is 1. The van der Waals surface area contributed by atoms with E-state index in [1.807, 2.05) is 25.7 Å². The van der Waals surface area contributed by atoms with Crippen molar-refractivity contribution < 1.29 is 9.53 Å². The van der Waals surface area contributed by atoms with E-state index in [0.29, 0.717) is 5.92 Å². The average Bonchev–Trinajstić information content (AvgIpc) is 2.33. The number of rotatable bonds is 5. The standard InChI is InChI=1S/C14H29N3O2/c1-14(2,3)19-13(18)17-9-4-6-12(11-17)10-16-8-5-7-15/h12,16H,4-11,15H2,1-3H3. The van der Waals surface area contributed by atoms with E-state index in [1.165, 1.54) is 6.42 Å². The molecule has 1 heterocycles. The molecular weight excluding hydrogens is 242 g/mol. The van der Waals surface area contributed by atoms with Crippen LogP contribution >= 0.6 is 0 Å². The maximum atomic E-state index is 12.0. The van der Waals surface area contributed by atoms with E-state index < -0.39 is 5.60 Å². The van der Waals surface area contributed by atoms with E-state index in [-0.39, 0.29) is 6.09 Å². The van der Waals surface area contributed by atoms with Crippen molar-refractivity contribution in [3.8, 4) is 0 Å². The van der Waals surface area contributed by atoms with Crippen molar-refractivity contribution in [2.75, 3.05) is 32.7 Å². The van der Waals surface area contributed by atoms with Gasteiger partial charge < -0.3 is 20.7 Å². The van der Waals surface area contributed by atoms with Crippen LogP contribution in [0.4, 0.5) is 4.79 Å². The minimum Gasteiger partial charge on any atom is -0.444 e. The molecule has 0 saturated carbocycles. The minimum absolute atomic E-state index is 0.181. The van der Waals surface area contributed by atoms with Crippen LogP contribution in [0.1, 0.15) is 40.0 Å². The van der Waals surface area contributed by atoms with E-state index in [9.17, 15) is 4.79 Å². The number of nitrogens with zero attached hydrogens (tertiary/aromatic N) is 1. The molecule has 0 spiro atoms. The van der Waals surface area contributed by atoms with E-state index in [0.717, 1.165) is 45.6 Å². The minimum atomic E-state index is -0.413. The van der Waals surface area contributed by atoms with Gasteiger partial charge in [-0.2, -0.15) is 0 Å². The zero-order chi connectivity index (χ0) is 14.3. The van der Waals surface area contributed by atoms with Gasteiger partial charge in [-0.3, -0.25) is 0 Å². The van der Waals surface area contributed by atoms with Crippen molar-refractivity contribution >= 4 is 6.09 Å². The molecule has 3 N–H and O–H groups in total. The number of hydrogen-bond donors (Lipinski definition) is 2. The van der Waals surface area contributed by atoms with Gasteiger partial charge in [0.05, 0.1) is 0 Å². The first-order valence-corrected chi connectivity index (χ1v) is 7.31. The van der Waals surface area contributed by atoms with E-state index >= 15 is 0 Å². The smallest absolute Gasteiger partial charge is 0.410 e. The Morgan fingerprint density at radius 3 is 2.84 bits per heavy atom. The zero-order valence-corrected chi connectivity index (χ0v) is 12.6. The van der Waals surface area contributed by atoms with Crippen LogP contribution in [-0.4, -0.2) is 49.3 Å². The third-order valence-electron chi connectivity index (χ3n) is 3.16. The summed E-state index contributed by atoms with van der Waals surface area (Å²) in [5, 5.41) is 3.40. The van der Waals surface area contributed by atoms with Gasteiger partial charge >= 0.3 is 6.09 Å². The third-order valence-corrected chi connectivity index (χ3v) is 3.16. The topological polar surface area (TPSA) is 67.6 Å². The fraction of sp³-hybridized carbons (Fsp3) is 0.929. The number of amides is 1. The largest absolute Gasteiger partial charge is 0.444 e. The highest BCUT2D eigenvalue weighted by Crippen LogP contribution is 2.18. The van der Waals surface area contributed by atoms with Crippen LogP contribution in [0.3, 0.4) is 0 Å². The van der Waals surface area contributed by atoms with Crippen LogP contribution in [0.15, 0.2) is 0 Å². The van der Waals surface area contributed by atoms with Gasteiger partial charge in [0.2, 0.25) is 0 Å². The SMILES string of the molecule is CC(C)(C)OC(=O)N1CCCC(CNCCCN)C1. The summed E-state index contributed by atoms with van der Waals surface area (Å²) in [4.78, 5) is 13.8. The van der Waals surface area contributed by atoms with Crippen LogP contribution in [-0.2, 0) is 4.74 Å². The first kappa shape index (κ1) is 16.2. The second kappa shape index (κ2) is 7.70. The van der Waals surface area contributed by atoms with Crippen molar-refractivity contribution in [2.45, 2.75) is 45.6 Å². The first-order valence-electron chi connectivity index (χ1n) is 7.31. The molecule has 1 unspecified atom stereocenters. The van der Waals surface area contributed by atoms with Crippen molar-refractivity contribution in [3.63, 3.8) is 0 Å². The number of piperidine rings is 1. The van der Waals surface area contributed by atoms with Crippen LogP contribution in [0.2, 0.25) is 0 Å². The Morgan fingerprint density at radius 1 is 1.47 bits per heavy atom. The van der Waals surface area contributed by atoms with Gasteiger partial charge in [0.1, 0.15) is 5.60 Å². The Labute approximate surface area is 116 Å². The average molecular weight is 271 g/mol. The van der Waals surface area contributed by atoms with Crippen molar-refractivity contribution in [3.05, 3.63) is 0 Å². The Morgan fingerprint density at radius 2 is 2.21 bits per heavy atom. The predicted molar refractivity (Wildman–Crippen MR) is 77.1 cm³/mol. The molecule has 5 nitrogen and oxygen atoms in total. The molecule has 0 aliphatic carbocycles. The van der Waals surface area contributed by atoms with Crippen LogP contribution in [0.25, 0.3) is 0 Å². The molecule has 1 aliphatic heterocycles. The fourth-order valence-corrected chi connectivity index (χ4v) is 2.26. The number of carbonyl (C=O) groups excluding carboxylic acids is 1. The highest BCUT2D eigenvalue weighted by molar-refractivity contribution is 5.68. The molecule has 1 aliphatic rings. The number of likely N-dealkylation sites (tertiary alicyclic amines) is 1. The Kier molecular flexibility index (Phi) is 6.58. The van der Waals surface area contributed by atoms with Gasteiger partial charge in [0.25, 0.3) is 0 Å². The van der Waals surface area contributed by atoms with Gasteiger partial charge in [-0.1, -0.05) is 0 Å². The van der Waals surface area contributed by atoms with Gasteiger partial charge in [0.15, 0.2) is 0 Å². The van der Waals surface area contributed by atoms with Crippen molar-refractivity contribution in [2.24, 2.45) is 11.7 Å². The highest BCUT2D eigenvalue weighted by Gasteiger charge is 2.27. The summed E-state index contributed by atoms with van der Waals surface area (Å²) in [5.74, 6) is 0.527. The zero-order valence-electron chi connectivity index (χ0n) is 12.6. The highest BCUT2D eigenvalue weighted by atomic mass is 16.6. The second-order valence-electron chi connectivity index (χ2n) is 6.28. The lowest BCUT2D eigenvalue weighted by Gasteiger charge is -2.34. The van der Waals surface area contributed by atoms with Crippen molar-refractivity contribution in [1.82, 2.24) is 10.2 Å². The quantitative estimate of drug-likeness (QED) is 0.745. The molecule has 1 fully saturated rings. The van der Waals surface area contributed by atoms with Gasteiger partial charge in [-0.15, -0.1) is 0 Å². The maximum absolute atomic E-state index is 12.0. The third kappa shape index (κ3) is 6.78. The number of carbonyl (C=O) groups is 1. The summed E-state index contributed by atoms with van der Waals surface area (Å²) in [5.41, 5.74) is 5.05. The summed E-state index contributed by atoms with van der Waals surface area (Å²) in [6, 6.07) is 0. The Bertz CT molecular complexity index is 276. The summed E-state index contributed by atoms with van der Waals surface area (Å²) in [6.45, 7) is 9.96. The lowest BCUT2D eigenvalue weighted by Crippen LogP contribution is -2.45. The molecule has 0 radical (unpaired) electrons. The molecule has 0 bridgehead atoms. The Hall–Kier alpha value is -0.810. The molecule has 19 heavy (non-hydrogen) atoms. The molecule has 1 saturated heterocycles. The molecule has 1 amide bonds. The maximum Gasteiger partial charge on any atom is 0.410 e. The predicted octanol–water partition coefficient (Wildman–Crippen LogP) is 1.57.